The Kier molecular flexibility index (Phi) is 13.2. The Morgan fingerprint density at radius 3 is 2.52 bits per heavy atom. The normalized spacial score (nSPS) is 46.4. The van der Waals surface area contributed by atoms with Gasteiger partial charge in [0.25, 0.3) is 0 Å². The van der Waals surface area contributed by atoms with Crippen molar-refractivity contribution in [1.29, 1.82) is 0 Å². The van der Waals surface area contributed by atoms with Gasteiger partial charge in [-0.15, -0.1) is 0 Å². The van der Waals surface area contributed by atoms with Gasteiger partial charge in [0.2, 0.25) is 0 Å². The van der Waals surface area contributed by atoms with Crippen molar-refractivity contribution in [2.75, 3.05) is 13.7 Å². The summed E-state index contributed by atoms with van der Waals surface area (Å²) < 4.78 is 73.2. The van der Waals surface area contributed by atoms with E-state index in [0.29, 0.717) is 24.0 Å². The molecule has 0 aromatic heterocycles. The molecule has 1 aliphatic carbocycles. The molecule has 1 spiro atoms. The summed E-state index contributed by atoms with van der Waals surface area (Å²) in [7, 11) is -2.81. The van der Waals surface area contributed by atoms with Crippen LogP contribution in [0.4, 0.5) is 0 Å². The Morgan fingerprint density at radius 2 is 1.82 bits per heavy atom. The third-order valence-corrected chi connectivity index (χ3v) is 13.0. The van der Waals surface area contributed by atoms with Gasteiger partial charge in [-0.05, 0) is 55.9 Å². The highest BCUT2D eigenvalue weighted by atomic mass is 32.2. The number of nitrogens with two attached hydrogens (primary N) is 1. The lowest BCUT2D eigenvalue weighted by Gasteiger charge is -2.48. The van der Waals surface area contributed by atoms with Crippen LogP contribution in [0.3, 0.4) is 0 Å². The minimum atomic E-state index is -4.27. The summed E-state index contributed by atoms with van der Waals surface area (Å²) in [5.74, 6) is -2.72. The maximum atomic E-state index is 14.3. The van der Waals surface area contributed by atoms with E-state index >= 15 is 0 Å². The lowest BCUT2D eigenvalue weighted by Crippen LogP contribution is -2.58. The highest BCUT2D eigenvalue weighted by Gasteiger charge is 2.60. The van der Waals surface area contributed by atoms with Gasteiger partial charge in [-0.3, -0.25) is 4.79 Å². The molecular weight excluding hydrogens is 747 g/mol. The molecule has 314 valence electrons. The van der Waals surface area contributed by atoms with Crippen LogP contribution >= 0.6 is 0 Å². The fourth-order valence-corrected chi connectivity index (χ4v) is 9.74. The Balaban J connectivity index is 1.37. The number of aliphatic hydroxyl groups excluding tert-OH is 1. The monoisotopic (exact) mass is 807 g/mol. The minimum absolute atomic E-state index is 0.00491. The molecule has 0 radical (unpaired) electrons. The average molecular weight is 808 g/mol. The van der Waals surface area contributed by atoms with Crippen molar-refractivity contribution in [3.8, 4) is 0 Å². The molecule has 3 fully saturated rings. The number of esters is 1. The second-order valence-corrected chi connectivity index (χ2v) is 17.8. The van der Waals surface area contributed by atoms with Crippen LogP contribution < -0.4 is 5.14 Å². The van der Waals surface area contributed by atoms with Gasteiger partial charge in [0.05, 0.1) is 37.1 Å². The van der Waals surface area contributed by atoms with Gasteiger partial charge in [0.1, 0.15) is 35.9 Å². The zero-order chi connectivity index (χ0) is 40.7. The minimum Gasteiger partial charge on any atom is -0.462 e. The second kappa shape index (κ2) is 17.1. The number of ether oxygens (including phenoxy) is 7. The van der Waals surface area contributed by atoms with E-state index in [1.807, 2.05) is 26.0 Å². The summed E-state index contributed by atoms with van der Waals surface area (Å²) in [6.07, 6.45) is 8.36. The number of methoxy groups -OCH3 is 1. The van der Waals surface area contributed by atoms with E-state index in [4.69, 9.17) is 42.5 Å². The zero-order valence-corrected chi connectivity index (χ0v) is 34.6. The highest BCUT2D eigenvalue weighted by Crippen LogP contribution is 2.47. The third-order valence-electron chi connectivity index (χ3n) is 12.5. The molecule has 0 amide bonds. The Bertz CT molecular complexity index is 1710. The van der Waals surface area contributed by atoms with Crippen LogP contribution in [0.2, 0.25) is 0 Å². The van der Waals surface area contributed by atoms with Gasteiger partial charge in [-0.1, -0.05) is 70.6 Å². The van der Waals surface area contributed by atoms with Crippen LogP contribution in [0.15, 0.2) is 59.3 Å². The van der Waals surface area contributed by atoms with Gasteiger partial charge in [0, 0.05) is 38.2 Å². The van der Waals surface area contributed by atoms with E-state index in [1.165, 1.54) is 7.11 Å². The molecule has 0 aromatic carbocycles. The Labute approximate surface area is 331 Å². The molecule has 4 N–H and O–H groups in total. The SMILES string of the molecule is CCC(C)[C@H]1O[C@]2(C=C[C@@H]1C)C[C@@H]1C[C@@H](C/C=C(\C)[C@@H](O[C@H]3C[C@H](OC)[C@@H](OS(N)(=O)=O)[C@H](C)O3)[C@@H](C)/C=C/C=C3\CO[C@@H]4[C@H](O)C(C)=C[C@@H](C(=O)O1)[C@]34O)O2. The maximum absolute atomic E-state index is 14.3. The molecule has 6 rings (SSSR count). The predicted octanol–water partition coefficient (Wildman–Crippen LogP) is 4.07. The largest absolute Gasteiger partial charge is 0.462 e. The van der Waals surface area contributed by atoms with Crippen molar-refractivity contribution in [2.45, 2.75) is 153 Å². The Morgan fingerprint density at radius 1 is 1.07 bits per heavy atom. The lowest BCUT2D eigenvalue weighted by atomic mass is 9.71. The summed E-state index contributed by atoms with van der Waals surface area (Å²) in [6.45, 7) is 13.8. The predicted molar refractivity (Wildman–Crippen MR) is 205 cm³/mol. The molecule has 1 unspecified atom stereocenters. The van der Waals surface area contributed by atoms with Gasteiger partial charge in [-0.25, -0.2) is 9.32 Å². The van der Waals surface area contributed by atoms with Crippen LogP contribution in [-0.4, -0.2) is 111 Å². The van der Waals surface area contributed by atoms with Gasteiger partial charge in [0.15, 0.2) is 12.1 Å². The first-order valence-corrected chi connectivity index (χ1v) is 21.4. The molecular formula is C41H61NO13S. The lowest BCUT2D eigenvalue weighted by molar-refractivity contribution is -0.300. The fourth-order valence-electron chi connectivity index (χ4n) is 9.15. The molecule has 2 bridgehead atoms. The van der Waals surface area contributed by atoms with E-state index in [-0.39, 0.29) is 43.3 Å². The van der Waals surface area contributed by atoms with Crippen LogP contribution in [0.25, 0.3) is 0 Å². The van der Waals surface area contributed by atoms with E-state index in [1.54, 1.807) is 32.1 Å². The standard InChI is InChI=1S/C41H61NO13S/c1-9-22(2)36-25(5)15-16-40(54-36)20-30-18-29(53-40)14-13-24(4)35(52-33-19-32(48-8)37(27(7)50-33)55-56(42,46)47)23(3)11-10-12-28-21-49-38-34(43)26(6)17-31(39(44)51-30)41(28,38)45/h10-13,15-17,22-23,25,27,29-38,43,45H,9,14,18-21H2,1-8H3,(H2,42,46,47)/b11-10+,24-13+,28-12+/t22?,23-,25-,27-,29+,30-,31-,32-,33-,34+,35-,36+,37-,38+,40+,41+/m0/s1. The number of carbonyl (C=O) groups is 1. The van der Waals surface area contributed by atoms with E-state index in [2.05, 4.69) is 32.9 Å². The molecule has 14 nitrogen and oxygen atoms in total. The number of fused-ring (bicyclic) bond motifs is 2. The average Bonchev–Trinajstić information content (AvgIpc) is 3.48. The molecule has 15 heteroatoms. The number of hydrogen-bond donors (Lipinski definition) is 3. The Hall–Kier alpha value is -2.28. The summed E-state index contributed by atoms with van der Waals surface area (Å²) >= 11 is 0. The van der Waals surface area contributed by atoms with Gasteiger partial charge in [-0.2, -0.15) is 8.42 Å². The van der Waals surface area contributed by atoms with E-state index in [9.17, 15) is 23.4 Å². The number of allylic oxidation sites excluding steroid dienone is 2. The number of rotatable bonds is 7. The van der Waals surface area contributed by atoms with E-state index < -0.39 is 88.7 Å². The third kappa shape index (κ3) is 8.98. The van der Waals surface area contributed by atoms with Crippen LogP contribution in [-0.2, 0) is 52.4 Å². The van der Waals surface area contributed by atoms with Gasteiger partial charge < -0.3 is 43.4 Å². The molecule has 5 heterocycles. The molecule has 0 aromatic rings. The smallest absolute Gasteiger partial charge is 0.333 e. The quantitative estimate of drug-likeness (QED) is 0.247. The van der Waals surface area contributed by atoms with E-state index in [0.717, 1.165) is 12.0 Å². The van der Waals surface area contributed by atoms with Crippen molar-refractivity contribution in [1.82, 2.24) is 0 Å². The highest BCUT2D eigenvalue weighted by molar-refractivity contribution is 7.84. The number of aliphatic hydroxyl groups is 2. The summed E-state index contributed by atoms with van der Waals surface area (Å²) in [5.41, 5.74) is -0.0167. The van der Waals surface area contributed by atoms with Crippen LogP contribution in [0.1, 0.15) is 80.6 Å². The molecule has 16 atom stereocenters. The molecule has 5 aliphatic heterocycles. The molecule has 6 aliphatic rings. The van der Waals surface area contributed by atoms with Crippen LogP contribution in [0.5, 0.6) is 0 Å². The number of carbonyl (C=O) groups excluding carboxylic acids is 1. The summed E-state index contributed by atoms with van der Waals surface area (Å²) in [6, 6.07) is 0. The number of hydrogen-bond acceptors (Lipinski definition) is 13. The van der Waals surface area contributed by atoms with Crippen molar-refractivity contribution < 1.29 is 60.8 Å². The van der Waals surface area contributed by atoms with Crippen molar-refractivity contribution in [3.05, 3.63) is 59.3 Å². The zero-order valence-electron chi connectivity index (χ0n) is 33.7. The first kappa shape index (κ1) is 43.3. The van der Waals surface area contributed by atoms with Crippen molar-refractivity contribution in [3.63, 3.8) is 0 Å². The maximum Gasteiger partial charge on any atom is 0.333 e. The van der Waals surface area contributed by atoms with Gasteiger partial charge >= 0.3 is 16.3 Å². The first-order valence-electron chi connectivity index (χ1n) is 19.9. The van der Waals surface area contributed by atoms with Crippen molar-refractivity contribution in [2.24, 2.45) is 28.8 Å². The van der Waals surface area contributed by atoms with Crippen molar-refractivity contribution >= 4 is 16.3 Å². The first-order chi connectivity index (χ1) is 26.4. The molecule has 0 saturated carbocycles. The fraction of sp³-hybridized carbons (Fsp3) is 0.732. The molecule has 3 saturated heterocycles. The summed E-state index contributed by atoms with van der Waals surface area (Å²) in [4.78, 5) is 14.3. The topological polar surface area (TPSA) is 192 Å². The molecule has 56 heavy (non-hydrogen) atoms. The second-order valence-electron chi connectivity index (χ2n) is 16.6. The summed E-state index contributed by atoms with van der Waals surface area (Å²) in [5, 5.41) is 28.7. The van der Waals surface area contributed by atoms with Crippen LogP contribution in [0, 0.1) is 23.7 Å².